The van der Waals surface area contributed by atoms with Crippen molar-refractivity contribution in [2.75, 3.05) is 14.2 Å². The number of carbonyl (C=O) groups is 1. The SMILES string of the molecule is COC(=O)[C@H](Cc1ccccc1F)c1cc(=O)oc2cc(OC)ccc12. The molecule has 0 saturated carbocycles. The molecule has 1 aromatic heterocycles. The van der Waals surface area contributed by atoms with Gasteiger partial charge in [0.25, 0.3) is 0 Å². The third-order valence-electron chi connectivity index (χ3n) is 4.23. The van der Waals surface area contributed by atoms with Crippen molar-refractivity contribution in [2.24, 2.45) is 0 Å². The van der Waals surface area contributed by atoms with Crippen LogP contribution in [-0.2, 0) is 16.0 Å². The molecule has 0 aliphatic heterocycles. The molecule has 0 aliphatic rings. The standard InChI is InChI=1S/C20H17FO5/c1-24-13-7-8-14-15(11-19(22)26-18(14)10-13)16(20(23)25-2)9-12-5-3-4-6-17(12)21/h3-8,10-11,16H,9H2,1-2H3/t16-/m1/s1. The minimum Gasteiger partial charge on any atom is -0.497 e. The molecule has 0 radical (unpaired) electrons. The second-order valence-corrected chi connectivity index (χ2v) is 5.75. The Bertz CT molecular complexity index is 1010. The third kappa shape index (κ3) is 3.44. The van der Waals surface area contributed by atoms with E-state index in [1.54, 1.807) is 36.4 Å². The van der Waals surface area contributed by atoms with Crippen LogP contribution in [0.1, 0.15) is 17.0 Å². The van der Waals surface area contributed by atoms with Crippen LogP contribution in [-0.4, -0.2) is 20.2 Å². The van der Waals surface area contributed by atoms with Gasteiger partial charge in [0, 0.05) is 17.5 Å². The summed E-state index contributed by atoms with van der Waals surface area (Å²) in [6, 6.07) is 12.4. The van der Waals surface area contributed by atoms with E-state index in [9.17, 15) is 14.0 Å². The maximum absolute atomic E-state index is 14.1. The molecule has 0 saturated heterocycles. The van der Waals surface area contributed by atoms with Crippen molar-refractivity contribution >= 4 is 16.9 Å². The van der Waals surface area contributed by atoms with Crippen molar-refractivity contribution in [3.63, 3.8) is 0 Å². The van der Waals surface area contributed by atoms with E-state index in [1.165, 1.54) is 26.4 Å². The van der Waals surface area contributed by atoms with Crippen molar-refractivity contribution in [1.82, 2.24) is 0 Å². The van der Waals surface area contributed by atoms with Crippen molar-refractivity contribution in [2.45, 2.75) is 12.3 Å². The molecule has 26 heavy (non-hydrogen) atoms. The molecule has 0 fully saturated rings. The monoisotopic (exact) mass is 356 g/mol. The molecule has 2 aromatic carbocycles. The number of methoxy groups -OCH3 is 2. The highest BCUT2D eigenvalue weighted by Crippen LogP contribution is 2.30. The zero-order valence-corrected chi connectivity index (χ0v) is 14.3. The van der Waals surface area contributed by atoms with Crippen LogP contribution in [0.25, 0.3) is 11.0 Å². The Labute approximate surface area is 149 Å². The van der Waals surface area contributed by atoms with E-state index in [2.05, 4.69) is 0 Å². The molecule has 0 bridgehead atoms. The molecule has 0 N–H and O–H groups in total. The number of rotatable bonds is 5. The first-order chi connectivity index (χ1) is 12.5. The fraction of sp³-hybridized carbons (Fsp3) is 0.200. The van der Waals surface area contributed by atoms with Crippen LogP contribution in [0.3, 0.4) is 0 Å². The highest BCUT2D eigenvalue weighted by atomic mass is 19.1. The van der Waals surface area contributed by atoms with Crippen LogP contribution >= 0.6 is 0 Å². The van der Waals surface area contributed by atoms with Gasteiger partial charge in [-0.1, -0.05) is 18.2 Å². The Morgan fingerprint density at radius 3 is 2.62 bits per heavy atom. The summed E-state index contributed by atoms with van der Waals surface area (Å²) in [5.41, 5.74) is 0.462. The second-order valence-electron chi connectivity index (χ2n) is 5.75. The minimum absolute atomic E-state index is 0.0595. The Balaban J connectivity index is 2.16. The van der Waals surface area contributed by atoms with Gasteiger partial charge in [0.15, 0.2) is 0 Å². The zero-order valence-electron chi connectivity index (χ0n) is 14.3. The molecule has 0 amide bonds. The second kappa shape index (κ2) is 7.39. The first-order valence-electron chi connectivity index (χ1n) is 7.96. The van der Waals surface area contributed by atoms with Gasteiger partial charge < -0.3 is 13.9 Å². The van der Waals surface area contributed by atoms with Crippen LogP contribution in [0.5, 0.6) is 5.75 Å². The highest BCUT2D eigenvalue weighted by molar-refractivity contribution is 5.89. The van der Waals surface area contributed by atoms with Crippen LogP contribution in [0, 0.1) is 5.82 Å². The highest BCUT2D eigenvalue weighted by Gasteiger charge is 2.26. The Morgan fingerprint density at radius 2 is 1.92 bits per heavy atom. The van der Waals surface area contributed by atoms with Crippen LogP contribution in [0.15, 0.2) is 57.7 Å². The summed E-state index contributed by atoms with van der Waals surface area (Å²) in [4.78, 5) is 24.4. The Hall–Kier alpha value is -3.15. The van der Waals surface area contributed by atoms with Gasteiger partial charge in [0.05, 0.1) is 20.1 Å². The van der Waals surface area contributed by atoms with Gasteiger partial charge in [-0.2, -0.15) is 0 Å². The molecular weight excluding hydrogens is 339 g/mol. The quantitative estimate of drug-likeness (QED) is 0.518. The molecule has 0 spiro atoms. The number of hydrogen-bond donors (Lipinski definition) is 0. The number of fused-ring (bicyclic) bond motifs is 1. The average Bonchev–Trinajstić information content (AvgIpc) is 2.65. The fourth-order valence-electron chi connectivity index (χ4n) is 2.93. The molecule has 1 atom stereocenters. The van der Waals surface area contributed by atoms with E-state index in [0.29, 0.717) is 22.3 Å². The molecular formula is C20H17FO5. The summed E-state index contributed by atoms with van der Waals surface area (Å²) in [7, 11) is 2.76. The Kier molecular flexibility index (Phi) is 5.02. The predicted molar refractivity (Wildman–Crippen MR) is 93.9 cm³/mol. The van der Waals surface area contributed by atoms with E-state index >= 15 is 0 Å². The van der Waals surface area contributed by atoms with Gasteiger partial charge in [-0.05, 0) is 35.7 Å². The molecule has 0 unspecified atom stereocenters. The van der Waals surface area contributed by atoms with Gasteiger partial charge >= 0.3 is 11.6 Å². The first kappa shape index (κ1) is 17.7. The number of esters is 1. The lowest BCUT2D eigenvalue weighted by atomic mass is 9.90. The summed E-state index contributed by atoms with van der Waals surface area (Å²) in [5.74, 6) is -1.32. The van der Waals surface area contributed by atoms with E-state index in [4.69, 9.17) is 13.9 Å². The molecule has 1 heterocycles. The van der Waals surface area contributed by atoms with Crippen LogP contribution in [0.2, 0.25) is 0 Å². The van der Waals surface area contributed by atoms with E-state index in [-0.39, 0.29) is 12.0 Å². The fourth-order valence-corrected chi connectivity index (χ4v) is 2.93. The zero-order chi connectivity index (χ0) is 18.7. The number of ether oxygens (including phenoxy) is 2. The first-order valence-corrected chi connectivity index (χ1v) is 7.96. The van der Waals surface area contributed by atoms with Gasteiger partial charge in [-0.15, -0.1) is 0 Å². The molecule has 0 aliphatic carbocycles. The predicted octanol–water partition coefficient (Wildman–Crippen LogP) is 3.44. The maximum atomic E-state index is 14.1. The smallest absolute Gasteiger partial charge is 0.336 e. The number of carbonyl (C=O) groups excluding carboxylic acids is 1. The minimum atomic E-state index is -0.850. The lowest BCUT2D eigenvalue weighted by molar-refractivity contribution is -0.142. The van der Waals surface area contributed by atoms with Gasteiger partial charge in [0.1, 0.15) is 17.1 Å². The van der Waals surface area contributed by atoms with Crippen LogP contribution < -0.4 is 10.4 Å². The lowest BCUT2D eigenvalue weighted by Gasteiger charge is -2.17. The maximum Gasteiger partial charge on any atom is 0.336 e. The van der Waals surface area contributed by atoms with Crippen molar-refractivity contribution in [3.8, 4) is 5.75 Å². The van der Waals surface area contributed by atoms with Gasteiger partial charge in [0.2, 0.25) is 0 Å². The van der Waals surface area contributed by atoms with Crippen molar-refractivity contribution in [3.05, 3.63) is 75.9 Å². The topological polar surface area (TPSA) is 65.7 Å². The molecule has 3 rings (SSSR count). The summed E-state index contributed by atoms with van der Waals surface area (Å²) in [5, 5.41) is 0.567. The third-order valence-corrected chi connectivity index (χ3v) is 4.23. The largest absolute Gasteiger partial charge is 0.497 e. The molecule has 134 valence electrons. The summed E-state index contributed by atoms with van der Waals surface area (Å²) in [6.45, 7) is 0. The average molecular weight is 356 g/mol. The molecule has 3 aromatic rings. The normalized spacial score (nSPS) is 12.0. The van der Waals surface area contributed by atoms with Crippen molar-refractivity contribution < 1.29 is 23.1 Å². The van der Waals surface area contributed by atoms with Crippen LogP contribution in [0.4, 0.5) is 4.39 Å². The van der Waals surface area contributed by atoms with E-state index in [1.807, 2.05) is 0 Å². The van der Waals surface area contributed by atoms with E-state index in [0.717, 1.165) is 0 Å². The summed E-state index contributed by atoms with van der Waals surface area (Å²) < 4.78 is 29.3. The van der Waals surface area contributed by atoms with Gasteiger partial charge in [-0.3, -0.25) is 4.79 Å². The van der Waals surface area contributed by atoms with Gasteiger partial charge in [-0.25, -0.2) is 9.18 Å². The lowest BCUT2D eigenvalue weighted by Crippen LogP contribution is -2.19. The molecule has 5 nitrogen and oxygen atoms in total. The number of hydrogen-bond acceptors (Lipinski definition) is 5. The Morgan fingerprint density at radius 1 is 1.15 bits per heavy atom. The van der Waals surface area contributed by atoms with Crippen molar-refractivity contribution in [1.29, 1.82) is 0 Å². The number of halogens is 1. The summed E-state index contributed by atoms with van der Waals surface area (Å²) in [6.07, 6.45) is 0.0595. The summed E-state index contributed by atoms with van der Waals surface area (Å²) >= 11 is 0. The van der Waals surface area contributed by atoms with E-state index < -0.39 is 23.3 Å². The molecule has 6 heteroatoms. The number of benzene rings is 2.